The number of rotatable bonds is 11. The number of carbonyl (C=O) groups is 2. The van der Waals surface area contributed by atoms with E-state index in [4.69, 9.17) is 23.2 Å². The fraction of sp³-hybridized carbons (Fsp3) is 0.375. The van der Waals surface area contributed by atoms with Crippen LogP contribution < -0.4 is 9.62 Å². The summed E-state index contributed by atoms with van der Waals surface area (Å²) in [6, 6.07) is 19.3. The highest BCUT2D eigenvalue weighted by molar-refractivity contribution is 7.92. The summed E-state index contributed by atoms with van der Waals surface area (Å²) in [6.07, 6.45) is 5.44. The Kier molecular flexibility index (Phi) is 10.9. The third-order valence-electron chi connectivity index (χ3n) is 7.60. The van der Waals surface area contributed by atoms with E-state index in [1.54, 1.807) is 24.3 Å². The second-order valence-electron chi connectivity index (χ2n) is 10.7. The maximum Gasteiger partial charge on any atom is 0.264 e. The van der Waals surface area contributed by atoms with E-state index in [9.17, 15) is 18.0 Å². The Morgan fingerprint density at radius 1 is 0.952 bits per heavy atom. The largest absolute Gasteiger partial charge is 0.352 e. The maximum absolute atomic E-state index is 14.2. The van der Waals surface area contributed by atoms with Crippen LogP contribution in [0.25, 0.3) is 0 Å². The molecule has 0 heterocycles. The van der Waals surface area contributed by atoms with E-state index in [1.165, 1.54) is 29.2 Å². The van der Waals surface area contributed by atoms with Gasteiger partial charge in [0.1, 0.15) is 12.6 Å². The molecule has 224 valence electrons. The van der Waals surface area contributed by atoms with Crippen molar-refractivity contribution in [1.29, 1.82) is 0 Å². The zero-order chi connectivity index (χ0) is 30.3. The number of amides is 2. The molecule has 1 aliphatic rings. The lowest BCUT2D eigenvalue weighted by molar-refractivity contribution is -0.140. The van der Waals surface area contributed by atoms with E-state index >= 15 is 0 Å². The molecule has 1 N–H and O–H groups in total. The first-order chi connectivity index (χ1) is 20.1. The van der Waals surface area contributed by atoms with Crippen LogP contribution in [0, 0.1) is 6.92 Å². The maximum atomic E-state index is 14.2. The van der Waals surface area contributed by atoms with Crippen molar-refractivity contribution in [1.82, 2.24) is 10.2 Å². The van der Waals surface area contributed by atoms with Gasteiger partial charge in [0.25, 0.3) is 10.0 Å². The highest BCUT2D eigenvalue weighted by Crippen LogP contribution is 2.33. The molecule has 1 aliphatic carbocycles. The van der Waals surface area contributed by atoms with Gasteiger partial charge in [0.15, 0.2) is 0 Å². The smallest absolute Gasteiger partial charge is 0.264 e. The topological polar surface area (TPSA) is 86.8 Å². The SMILES string of the molecule is CCC(C(=O)NC1CCCCC1)N(Cc1ccc(C)cc1)C(=O)CN(c1cc(Cl)ccc1Cl)S(=O)(=O)c1ccccc1. The number of sulfonamides is 1. The molecule has 0 spiro atoms. The molecule has 2 amide bonds. The molecular formula is C32H37Cl2N3O4S. The van der Waals surface area contributed by atoms with Crippen molar-refractivity contribution in [2.75, 3.05) is 10.8 Å². The molecular weight excluding hydrogens is 593 g/mol. The highest BCUT2D eigenvalue weighted by Gasteiger charge is 2.35. The first kappa shape index (κ1) is 31.9. The molecule has 1 unspecified atom stereocenters. The van der Waals surface area contributed by atoms with E-state index in [2.05, 4.69) is 5.32 Å². The molecule has 1 atom stereocenters. The first-order valence-corrected chi connectivity index (χ1v) is 16.5. The molecule has 1 saturated carbocycles. The number of anilines is 1. The minimum atomic E-state index is -4.23. The van der Waals surface area contributed by atoms with Gasteiger partial charge in [-0.25, -0.2) is 8.42 Å². The lowest BCUT2D eigenvalue weighted by atomic mass is 9.95. The molecule has 0 saturated heterocycles. The Hall–Kier alpha value is -3.07. The summed E-state index contributed by atoms with van der Waals surface area (Å²) in [5, 5.41) is 3.55. The minimum absolute atomic E-state index is 0.000935. The summed E-state index contributed by atoms with van der Waals surface area (Å²) in [4.78, 5) is 29.3. The van der Waals surface area contributed by atoms with Crippen molar-refractivity contribution in [3.8, 4) is 0 Å². The zero-order valence-corrected chi connectivity index (χ0v) is 26.3. The van der Waals surface area contributed by atoms with Gasteiger partial charge in [-0.1, -0.05) is 97.4 Å². The van der Waals surface area contributed by atoms with Crippen LogP contribution in [0.15, 0.2) is 77.7 Å². The quantitative estimate of drug-likeness (QED) is 0.254. The van der Waals surface area contributed by atoms with Crippen LogP contribution in [0.4, 0.5) is 5.69 Å². The van der Waals surface area contributed by atoms with Gasteiger partial charge in [0.05, 0.1) is 15.6 Å². The third kappa shape index (κ3) is 7.85. The van der Waals surface area contributed by atoms with Gasteiger partial charge in [-0.2, -0.15) is 0 Å². The van der Waals surface area contributed by atoms with Crippen LogP contribution in [0.2, 0.25) is 10.0 Å². The average Bonchev–Trinajstić information content (AvgIpc) is 2.99. The second-order valence-corrected chi connectivity index (χ2v) is 13.4. The predicted molar refractivity (Wildman–Crippen MR) is 168 cm³/mol. The normalized spacial score (nSPS) is 14.7. The molecule has 10 heteroatoms. The molecule has 3 aromatic rings. The number of halogens is 2. The van der Waals surface area contributed by atoms with Crippen molar-refractivity contribution in [3.05, 3.63) is 94.0 Å². The van der Waals surface area contributed by atoms with Crippen molar-refractivity contribution < 1.29 is 18.0 Å². The van der Waals surface area contributed by atoms with Gasteiger partial charge in [-0.05, 0) is 62.1 Å². The summed E-state index contributed by atoms with van der Waals surface area (Å²) in [5.41, 5.74) is 1.97. The van der Waals surface area contributed by atoms with Gasteiger partial charge in [0, 0.05) is 17.6 Å². The molecule has 4 rings (SSSR count). The van der Waals surface area contributed by atoms with E-state index in [0.29, 0.717) is 6.42 Å². The lowest BCUT2D eigenvalue weighted by Gasteiger charge is -2.34. The fourth-order valence-electron chi connectivity index (χ4n) is 5.26. The van der Waals surface area contributed by atoms with Crippen molar-refractivity contribution in [2.45, 2.75) is 75.9 Å². The van der Waals surface area contributed by atoms with Crippen LogP contribution >= 0.6 is 23.2 Å². The number of benzene rings is 3. The third-order valence-corrected chi connectivity index (χ3v) is 9.93. The van der Waals surface area contributed by atoms with Crippen molar-refractivity contribution >= 4 is 50.7 Å². The summed E-state index contributed by atoms with van der Waals surface area (Å²) in [6.45, 7) is 3.39. The van der Waals surface area contributed by atoms with E-state index in [-0.39, 0.29) is 39.1 Å². The summed E-state index contributed by atoms with van der Waals surface area (Å²) >= 11 is 12.7. The van der Waals surface area contributed by atoms with Crippen molar-refractivity contribution in [3.63, 3.8) is 0 Å². The zero-order valence-electron chi connectivity index (χ0n) is 23.9. The highest BCUT2D eigenvalue weighted by atomic mass is 35.5. The first-order valence-electron chi connectivity index (χ1n) is 14.3. The van der Waals surface area contributed by atoms with E-state index in [0.717, 1.165) is 47.5 Å². The monoisotopic (exact) mass is 629 g/mol. The molecule has 7 nitrogen and oxygen atoms in total. The average molecular weight is 631 g/mol. The van der Waals surface area contributed by atoms with Crippen LogP contribution in [0.5, 0.6) is 0 Å². The molecule has 3 aromatic carbocycles. The van der Waals surface area contributed by atoms with Gasteiger partial charge in [-0.3, -0.25) is 13.9 Å². The molecule has 0 aromatic heterocycles. The molecule has 0 bridgehead atoms. The summed E-state index contributed by atoms with van der Waals surface area (Å²) < 4.78 is 28.9. The Balaban J connectivity index is 1.72. The number of aryl methyl sites for hydroxylation is 1. The van der Waals surface area contributed by atoms with Crippen molar-refractivity contribution in [2.24, 2.45) is 0 Å². The fourth-order valence-corrected chi connectivity index (χ4v) is 7.15. The van der Waals surface area contributed by atoms with Crippen LogP contribution in [-0.2, 0) is 26.2 Å². The number of carbonyl (C=O) groups excluding carboxylic acids is 2. The number of nitrogens with zero attached hydrogens (tertiary/aromatic N) is 2. The Morgan fingerprint density at radius 3 is 2.26 bits per heavy atom. The Labute approximate surface area is 258 Å². The van der Waals surface area contributed by atoms with E-state index < -0.39 is 28.5 Å². The Bertz CT molecular complexity index is 1480. The van der Waals surface area contributed by atoms with Crippen LogP contribution in [-0.4, -0.2) is 43.8 Å². The second kappa shape index (κ2) is 14.4. The standard InChI is InChI=1S/C32H37Cl2N3O4S/c1-3-29(32(39)35-26-10-6-4-7-11-26)36(21-24-16-14-23(2)15-17-24)31(38)22-37(30-20-25(33)18-19-28(30)34)42(40,41)27-12-8-5-9-13-27/h5,8-9,12-20,26,29H,3-4,6-7,10-11,21-22H2,1-2H3,(H,35,39). The number of hydrogen-bond donors (Lipinski definition) is 1. The lowest BCUT2D eigenvalue weighted by Crippen LogP contribution is -2.54. The Morgan fingerprint density at radius 2 is 1.62 bits per heavy atom. The number of nitrogens with one attached hydrogen (secondary N) is 1. The van der Waals surface area contributed by atoms with Crippen LogP contribution in [0.3, 0.4) is 0 Å². The molecule has 1 fully saturated rings. The number of hydrogen-bond acceptors (Lipinski definition) is 4. The summed E-state index contributed by atoms with van der Waals surface area (Å²) in [5.74, 6) is -0.764. The minimum Gasteiger partial charge on any atom is -0.352 e. The summed E-state index contributed by atoms with van der Waals surface area (Å²) in [7, 11) is -4.23. The predicted octanol–water partition coefficient (Wildman–Crippen LogP) is 6.75. The molecule has 0 radical (unpaired) electrons. The molecule has 42 heavy (non-hydrogen) atoms. The van der Waals surface area contributed by atoms with E-state index in [1.807, 2.05) is 38.1 Å². The van der Waals surface area contributed by atoms with Gasteiger partial charge in [-0.15, -0.1) is 0 Å². The van der Waals surface area contributed by atoms with Crippen LogP contribution in [0.1, 0.15) is 56.6 Å². The van der Waals surface area contributed by atoms with Gasteiger partial charge in [0.2, 0.25) is 11.8 Å². The molecule has 0 aliphatic heterocycles. The van der Waals surface area contributed by atoms with Gasteiger partial charge < -0.3 is 10.2 Å². The van der Waals surface area contributed by atoms with Gasteiger partial charge >= 0.3 is 0 Å².